The van der Waals surface area contributed by atoms with Gasteiger partial charge in [0.1, 0.15) is 11.6 Å². The fourth-order valence-corrected chi connectivity index (χ4v) is 4.08. The molecule has 0 aliphatic carbocycles. The lowest BCUT2D eigenvalue weighted by molar-refractivity contribution is -0.119. The van der Waals surface area contributed by atoms with E-state index in [0.29, 0.717) is 17.7 Å². The molecule has 1 saturated heterocycles. The van der Waals surface area contributed by atoms with Gasteiger partial charge < -0.3 is 9.64 Å². The van der Waals surface area contributed by atoms with Crippen molar-refractivity contribution >= 4 is 33.4 Å². The summed E-state index contributed by atoms with van der Waals surface area (Å²) in [5.41, 5.74) is -5.89. The Morgan fingerprint density at radius 3 is 2.23 bits per heavy atom. The third-order valence-corrected chi connectivity index (χ3v) is 6.57. The maximum atomic E-state index is 13.1. The Bertz CT molecular complexity index is 1270. The molecule has 0 spiro atoms. The molecule has 1 atom stereocenters. The maximum Gasteiger partial charge on any atom is 0.501 e. The second-order valence-corrected chi connectivity index (χ2v) is 10.7. The summed E-state index contributed by atoms with van der Waals surface area (Å²) in [5.74, 6) is -1.33. The molecule has 1 aromatic carbocycles. The molecule has 1 aromatic heterocycles. The zero-order valence-electron chi connectivity index (χ0n) is 19.2. The number of alkyl halides is 3. The molecule has 3 rings (SSSR count). The third-order valence-electron chi connectivity index (χ3n) is 5.06. The van der Waals surface area contributed by atoms with E-state index in [9.17, 15) is 36.0 Å². The Balaban J connectivity index is 1.88. The number of anilines is 1. The number of ether oxygens (including phenoxy) is 1. The number of halogens is 3. The van der Waals surface area contributed by atoms with Gasteiger partial charge in [-0.2, -0.15) is 13.2 Å². The number of hydrogen-bond donors (Lipinski definition) is 0. The highest BCUT2D eigenvalue weighted by Crippen LogP contribution is 2.33. The summed E-state index contributed by atoms with van der Waals surface area (Å²) in [7, 11) is -5.58. The van der Waals surface area contributed by atoms with Gasteiger partial charge in [-0.1, -0.05) is 0 Å². The average molecular weight is 513 g/mol. The highest BCUT2D eigenvalue weighted by Gasteiger charge is 2.47. The summed E-state index contributed by atoms with van der Waals surface area (Å²) in [4.78, 5) is 43.3. The second-order valence-electron chi connectivity index (χ2n) is 8.74. The van der Waals surface area contributed by atoms with Gasteiger partial charge in [0.2, 0.25) is 0 Å². The number of esters is 1. The number of hydrogen-bond acceptors (Lipinski definition) is 7. The molecule has 35 heavy (non-hydrogen) atoms. The number of urea groups is 1. The first-order chi connectivity index (χ1) is 16.0. The lowest BCUT2D eigenvalue weighted by Gasteiger charge is -2.23. The monoisotopic (exact) mass is 513 g/mol. The second kappa shape index (κ2) is 8.95. The molecule has 188 valence electrons. The number of imide groups is 1. The molecule has 2 heterocycles. The van der Waals surface area contributed by atoms with Gasteiger partial charge in [-0.3, -0.25) is 9.78 Å². The Kier molecular flexibility index (Phi) is 6.68. The summed E-state index contributed by atoms with van der Waals surface area (Å²) in [6.45, 7) is 6.37. The van der Waals surface area contributed by atoms with Crippen LogP contribution in [0.1, 0.15) is 43.6 Å². The first-order valence-corrected chi connectivity index (χ1v) is 11.7. The molecule has 0 N–H and O–H groups in total. The maximum absolute atomic E-state index is 13.1. The van der Waals surface area contributed by atoms with Gasteiger partial charge in [-0.15, -0.1) is 0 Å². The number of rotatable bonds is 5. The number of nitrogens with zero attached hydrogens (tertiary/aromatic N) is 3. The molecule has 1 aliphatic heterocycles. The number of sulfone groups is 1. The summed E-state index contributed by atoms with van der Waals surface area (Å²) in [6, 6.07) is 2.99. The van der Waals surface area contributed by atoms with Crippen LogP contribution < -0.4 is 4.90 Å². The van der Waals surface area contributed by atoms with E-state index in [4.69, 9.17) is 4.74 Å². The topological polar surface area (TPSA) is 114 Å². The van der Waals surface area contributed by atoms with E-state index in [0.717, 1.165) is 17.0 Å². The lowest BCUT2D eigenvalue weighted by Crippen LogP contribution is -2.34. The van der Waals surface area contributed by atoms with Crippen molar-refractivity contribution in [3.63, 3.8) is 0 Å². The molecule has 2 aromatic rings. The molecule has 1 aliphatic rings. The number of aromatic nitrogens is 1. The van der Waals surface area contributed by atoms with Crippen molar-refractivity contribution in [2.45, 2.75) is 56.3 Å². The predicted octanol–water partition coefficient (Wildman–Crippen LogP) is 3.69. The van der Waals surface area contributed by atoms with Gasteiger partial charge >= 0.3 is 17.5 Å². The van der Waals surface area contributed by atoms with E-state index in [1.165, 1.54) is 30.3 Å². The average Bonchev–Trinajstić information content (AvgIpc) is 2.95. The van der Waals surface area contributed by atoms with Crippen LogP contribution in [0.3, 0.4) is 0 Å². The van der Waals surface area contributed by atoms with Crippen molar-refractivity contribution < 1.29 is 40.7 Å². The van der Waals surface area contributed by atoms with Gasteiger partial charge in [0.25, 0.3) is 15.7 Å². The van der Waals surface area contributed by atoms with Gasteiger partial charge in [0.15, 0.2) is 0 Å². The molecular weight excluding hydrogens is 491 g/mol. The Morgan fingerprint density at radius 2 is 1.69 bits per heavy atom. The molecule has 9 nitrogen and oxygen atoms in total. The molecule has 1 fully saturated rings. The zero-order chi connectivity index (χ0) is 26.3. The van der Waals surface area contributed by atoms with Crippen molar-refractivity contribution in [2.75, 3.05) is 4.90 Å². The summed E-state index contributed by atoms with van der Waals surface area (Å²) < 4.78 is 66.9. The minimum atomic E-state index is -5.58. The minimum Gasteiger partial charge on any atom is -0.456 e. The van der Waals surface area contributed by atoms with E-state index in [1.807, 2.05) is 0 Å². The van der Waals surface area contributed by atoms with E-state index >= 15 is 0 Å². The largest absolute Gasteiger partial charge is 0.501 e. The van der Waals surface area contributed by atoms with E-state index in [2.05, 4.69) is 4.98 Å². The molecule has 3 amide bonds. The van der Waals surface area contributed by atoms with E-state index in [-0.39, 0.29) is 17.8 Å². The fraction of sp³-hybridized carbons (Fsp3) is 0.364. The number of benzene rings is 1. The summed E-state index contributed by atoms with van der Waals surface area (Å²) in [6.07, 6.45) is 2.70. The number of pyridine rings is 1. The van der Waals surface area contributed by atoms with Crippen LogP contribution in [0.5, 0.6) is 0 Å². The van der Waals surface area contributed by atoms with Gasteiger partial charge in [0.05, 0.1) is 16.1 Å². The van der Waals surface area contributed by atoms with Crippen molar-refractivity contribution in [1.82, 2.24) is 9.88 Å². The van der Waals surface area contributed by atoms with Crippen LogP contribution in [0, 0.1) is 0 Å². The first-order valence-electron chi connectivity index (χ1n) is 10.3. The molecule has 13 heteroatoms. The molecule has 0 bridgehead atoms. The van der Waals surface area contributed by atoms with Crippen LogP contribution in [0.4, 0.5) is 23.7 Å². The fourth-order valence-electron chi connectivity index (χ4n) is 3.32. The van der Waals surface area contributed by atoms with E-state index < -0.39 is 49.8 Å². The Hall–Kier alpha value is -3.48. The van der Waals surface area contributed by atoms with Crippen LogP contribution in [-0.4, -0.2) is 53.4 Å². The lowest BCUT2D eigenvalue weighted by atomic mass is 10.1. The highest BCUT2D eigenvalue weighted by atomic mass is 32.2. The number of amides is 3. The van der Waals surface area contributed by atoms with Gasteiger partial charge in [-0.25, -0.2) is 22.9 Å². The van der Waals surface area contributed by atoms with Crippen LogP contribution >= 0.6 is 0 Å². The quantitative estimate of drug-likeness (QED) is 0.443. The van der Waals surface area contributed by atoms with Crippen LogP contribution in [-0.2, 0) is 25.9 Å². The smallest absolute Gasteiger partial charge is 0.456 e. The minimum absolute atomic E-state index is 0.0995. The molecule has 0 radical (unpaired) electrons. The van der Waals surface area contributed by atoms with Crippen LogP contribution in [0.2, 0.25) is 0 Å². The number of carbonyl (C=O) groups excluding carboxylic acids is 3. The van der Waals surface area contributed by atoms with Crippen molar-refractivity contribution in [3.8, 4) is 0 Å². The van der Waals surface area contributed by atoms with Crippen LogP contribution in [0.25, 0.3) is 0 Å². The zero-order valence-corrected chi connectivity index (χ0v) is 20.0. The summed E-state index contributed by atoms with van der Waals surface area (Å²) in [5, 5.41) is 0. The Morgan fingerprint density at radius 1 is 1.09 bits per heavy atom. The van der Waals surface area contributed by atoms with Crippen molar-refractivity contribution in [3.05, 3.63) is 53.9 Å². The molecule has 0 saturated carbocycles. The third kappa shape index (κ3) is 5.14. The van der Waals surface area contributed by atoms with E-state index in [1.54, 1.807) is 20.8 Å². The highest BCUT2D eigenvalue weighted by molar-refractivity contribution is 7.92. The summed E-state index contributed by atoms with van der Waals surface area (Å²) >= 11 is 0. The first kappa shape index (κ1) is 26.1. The van der Waals surface area contributed by atoms with Crippen molar-refractivity contribution in [2.24, 2.45) is 0 Å². The standard InChI is InChI=1S/C22H22F3N3O6S/c1-13-18(29)28(15-5-7-16(8-6-15)35(32,33)22(23,24)25)20(31)27(13)12-14-9-10-26-11-17(14)19(30)34-21(2,3)4/h5-11,13H,12H2,1-4H3. The Labute approximate surface area is 199 Å². The normalized spacial score (nSPS) is 17.2. The molecule has 1 unspecified atom stereocenters. The number of carbonyl (C=O) groups is 3. The molecular formula is C22H22F3N3O6S. The van der Waals surface area contributed by atoms with Gasteiger partial charge in [-0.05, 0) is 63.6 Å². The van der Waals surface area contributed by atoms with Gasteiger partial charge in [0, 0.05) is 18.9 Å². The van der Waals surface area contributed by atoms with Crippen LogP contribution in [0.15, 0.2) is 47.6 Å². The predicted molar refractivity (Wildman–Crippen MR) is 117 cm³/mol. The SMILES string of the molecule is CC1C(=O)N(c2ccc(S(=O)(=O)C(F)(F)F)cc2)C(=O)N1Cc1ccncc1C(=O)OC(C)(C)C. The van der Waals surface area contributed by atoms with Crippen molar-refractivity contribution in [1.29, 1.82) is 0 Å².